The third-order valence-electron chi connectivity index (χ3n) is 3.43. The van der Waals surface area contributed by atoms with Gasteiger partial charge in [-0.2, -0.15) is 17.0 Å². The van der Waals surface area contributed by atoms with E-state index in [1.807, 2.05) is 0 Å². The van der Waals surface area contributed by atoms with Crippen LogP contribution in [0.25, 0.3) is 0 Å². The van der Waals surface area contributed by atoms with Crippen LogP contribution in [0.1, 0.15) is 6.42 Å². The van der Waals surface area contributed by atoms with Gasteiger partial charge in [0, 0.05) is 33.2 Å². The van der Waals surface area contributed by atoms with E-state index in [4.69, 9.17) is 14.6 Å². The van der Waals surface area contributed by atoms with Gasteiger partial charge >= 0.3 is 5.97 Å². The van der Waals surface area contributed by atoms with Crippen molar-refractivity contribution in [3.63, 3.8) is 0 Å². The zero-order valence-electron chi connectivity index (χ0n) is 10.7. The quantitative estimate of drug-likeness (QED) is 0.695. The van der Waals surface area contributed by atoms with Crippen molar-refractivity contribution in [2.75, 3.05) is 40.0 Å². The number of carboxylic acids is 1. The number of rotatable bonds is 4. The van der Waals surface area contributed by atoms with Gasteiger partial charge in [-0.05, 0) is 0 Å². The molecule has 0 radical (unpaired) electrons. The van der Waals surface area contributed by atoms with E-state index in [9.17, 15) is 13.2 Å². The van der Waals surface area contributed by atoms with Crippen molar-refractivity contribution in [3.8, 4) is 0 Å². The monoisotopic (exact) mass is 294 g/mol. The van der Waals surface area contributed by atoms with Crippen molar-refractivity contribution in [1.29, 1.82) is 0 Å². The predicted octanol–water partition coefficient (Wildman–Crippen LogP) is -1.26. The van der Waals surface area contributed by atoms with Crippen LogP contribution < -0.4 is 0 Å². The van der Waals surface area contributed by atoms with E-state index in [1.165, 1.54) is 11.4 Å². The molecule has 0 saturated carbocycles. The summed E-state index contributed by atoms with van der Waals surface area (Å²) in [6.45, 7) is 1.25. The molecule has 0 aromatic carbocycles. The SMILES string of the molecule is COC1CC(C(=O)O)N(S(=O)(=O)N2CCOCC2)C1. The fourth-order valence-corrected chi connectivity index (χ4v) is 4.10. The lowest BCUT2D eigenvalue weighted by molar-refractivity contribution is -0.140. The van der Waals surface area contributed by atoms with E-state index in [-0.39, 0.29) is 32.2 Å². The van der Waals surface area contributed by atoms with Gasteiger partial charge in [-0.15, -0.1) is 0 Å². The molecule has 2 rings (SSSR count). The molecule has 2 unspecified atom stereocenters. The van der Waals surface area contributed by atoms with E-state index in [0.717, 1.165) is 4.31 Å². The topological polar surface area (TPSA) is 96.4 Å². The van der Waals surface area contributed by atoms with Crippen LogP contribution in [0.3, 0.4) is 0 Å². The molecule has 2 aliphatic rings. The van der Waals surface area contributed by atoms with Crippen molar-refractivity contribution in [1.82, 2.24) is 8.61 Å². The van der Waals surface area contributed by atoms with Crippen LogP contribution in [0, 0.1) is 0 Å². The Morgan fingerprint density at radius 1 is 1.37 bits per heavy atom. The first-order chi connectivity index (χ1) is 8.96. The number of aliphatic carboxylic acids is 1. The lowest BCUT2D eigenvalue weighted by Crippen LogP contribution is -2.51. The molecule has 9 heteroatoms. The van der Waals surface area contributed by atoms with Crippen LogP contribution in [0.2, 0.25) is 0 Å². The molecule has 0 aromatic heterocycles. The minimum Gasteiger partial charge on any atom is -0.480 e. The largest absolute Gasteiger partial charge is 0.480 e. The fourth-order valence-electron chi connectivity index (χ4n) is 2.34. The molecule has 19 heavy (non-hydrogen) atoms. The van der Waals surface area contributed by atoms with Gasteiger partial charge in [0.05, 0.1) is 19.3 Å². The second kappa shape index (κ2) is 5.71. The number of ether oxygens (including phenoxy) is 2. The number of carbonyl (C=O) groups is 1. The minimum absolute atomic E-state index is 0.0765. The summed E-state index contributed by atoms with van der Waals surface area (Å²) in [5.74, 6) is -1.14. The Hall–Kier alpha value is -0.740. The summed E-state index contributed by atoms with van der Waals surface area (Å²) < 4.78 is 37.4. The molecule has 2 fully saturated rings. The zero-order valence-corrected chi connectivity index (χ0v) is 11.5. The molecule has 2 saturated heterocycles. The van der Waals surface area contributed by atoms with Gasteiger partial charge in [-0.1, -0.05) is 0 Å². The maximum atomic E-state index is 12.4. The van der Waals surface area contributed by atoms with Crippen LogP contribution >= 0.6 is 0 Å². The normalized spacial score (nSPS) is 30.6. The summed E-state index contributed by atoms with van der Waals surface area (Å²) >= 11 is 0. The summed E-state index contributed by atoms with van der Waals surface area (Å²) in [5, 5.41) is 9.15. The third kappa shape index (κ3) is 2.90. The number of hydrogen-bond acceptors (Lipinski definition) is 5. The Balaban J connectivity index is 2.19. The van der Waals surface area contributed by atoms with Crippen molar-refractivity contribution < 1.29 is 27.8 Å². The highest BCUT2D eigenvalue weighted by Crippen LogP contribution is 2.25. The third-order valence-corrected chi connectivity index (χ3v) is 5.44. The summed E-state index contributed by atoms with van der Waals surface area (Å²) in [4.78, 5) is 11.2. The van der Waals surface area contributed by atoms with Gasteiger partial charge in [0.1, 0.15) is 6.04 Å². The van der Waals surface area contributed by atoms with Crippen LogP contribution in [-0.4, -0.2) is 80.2 Å². The molecule has 1 N–H and O–H groups in total. The highest BCUT2D eigenvalue weighted by molar-refractivity contribution is 7.86. The van der Waals surface area contributed by atoms with E-state index in [0.29, 0.717) is 13.2 Å². The first-order valence-corrected chi connectivity index (χ1v) is 7.46. The smallest absolute Gasteiger partial charge is 0.322 e. The number of carboxylic acid groups (broad SMARTS) is 1. The zero-order chi connectivity index (χ0) is 14.0. The summed E-state index contributed by atoms with van der Waals surface area (Å²) in [7, 11) is -2.32. The standard InChI is InChI=1S/C10H18N2O6S/c1-17-8-6-9(10(13)14)12(7-8)19(15,16)11-2-4-18-5-3-11/h8-9H,2-7H2,1H3,(H,13,14). The van der Waals surface area contributed by atoms with E-state index in [2.05, 4.69) is 0 Å². The Labute approximate surface area is 112 Å². The van der Waals surface area contributed by atoms with Crippen molar-refractivity contribution in [2.24, 2.45) is 0 Å². The molecule has 0 amide bonds. The second-order valence-corrected chi connectivity index (χ2v) is 6.42. The molecule has 110 valence electrons. The Morgan fingerprint density at radius 3 is 2.53 bits per heavy atom. The Morgan fingerprint density at radius 2 is 2.00 bits per heavy atom. The van der Waals surface area contributed by atoms with Crippen molar-refractivity contribution in [3.05, 3.63) is 0 Å². The molecule has 2 heterocycles. The summed E-state index contributed by atoms with van der Waals surface area (Å²) in [5.41, 5.74) is 0. The molecule has 0 bridgehead atoms. The van der Waals surface area contributed by atoms with Crippen molar-refractivity contribution >= 4 is 16.2 Å². The van der Waals surface area contributed by atoms with Gasteiger partial charge < -0.3 is 14.6 Å². The van der Waals surface area contributed by atoms with E-state index < -0.39 is 22.2 Å². The molecule has 0 spiro atoms. The Kier molecular flexibility index (Phi) is 4.41. The molecule has 0 aromatic rings. The van der Waals surface area contributed by atoms with Gasteiger partial charge in [0.15, 0.2) is 0 Å². The molecular formula is C10H18N2O6S. The second-order valence-electron chi connectivity index (χ2n) is 4.54. The van der Waals surface area contributed by atoms with Gasteiger partial charge in [0.25, 0.3) is 10.2 Å². The lowest BCUT2D eigenvalue weighted by atomic mass is 10.2. The first kappa shape index (κ1) is 14.7. The van der Waals surface area contributed by atoms with Gasteiger partial charge in [-0.3, -0.25) is 4.79 Å². The molecule has 2 aliphatic heterocycles. The van der Waals surface area contributed by atoms with Crippen molar-refractivity contribution in [2.45, 2.75) is 18.6 Å². The average molecular weight is 294 g/mol. The summed E-state index contributed by atoms with van der Waals surface area (Å²) in [6.07, 6.45) is -0.202. The molecular weight excluding hydrogens is 276 g/mol. The predicted molar refractivity (Wildman–Crippen MR) is 64.9 cm³/mol. The minimum atomic E-state index is -3.77. The number of morpholine rings is 1. The van der Waals surface area contributed by atoms with E-state index in [1.54, 1.807) is 0 Å². The average Bonchev–Trinajstić information content (AvgIpc) is 2.85. The van der Waals surface area contributed by atoms with Crippen LogP contribution in [0.15, 0.2) is 0 Å². The maximum Gasteiger partial charge on any atom is 0.322 e. The first-order valence-electron chi connectivity index (χ1n) is 6.07. The highest BCUT2D eigenvalue weighted by atomic mass is 32.2. The van der Waals surface area contributed by atoms with Crippen LogP contribution in [-0.2, 0) is 24.5 Å². The Bertz CT molecular complexity index is 433. The maximum absolute atomic E-state index is 12.4. The number of methoxy groups -OCH3 is 1. The summed E-state index contributed by atoms with van der Waals surface area (Å²) in [6, 6.07) is -1.06. The fraction of sp³-hybridized carbons (Fsp3) is 0.900. The molecule has 0 aliphatic carbocycles. The van der Waals surface area contributed by atoms with E-state index >= 15 is 0 Å². The van der Waals surface area contributed by atoms with Crippen LogP contribution in [0.5, 0.6) is 0 Å². The highest BCUT2D eigenvalue weighted by Gasteiger charge is 2.46. The van der Waals surface area contributed by atoms with Crippen LogP contribution in [0.4, 0.5) is 0 Å². The van der Waals surface area contributed by atoms with Gasteiger partial charge in [-0.25, -0.2) is 0 Å². The number of hydrogen-bond donors (Lipinski definition) is 1. The van der Waals surface area contributed by atoms with Gasteiger partial charge in [0.2, 0.25) is 0 Å². The lowest BCUT2D eigenvalue weighted by Gasteiger charge is -2.31. The molecule has 2 atom stereocenters. The number of nitrogens with zero attached hydrogens (tertiary/aromatic N) is 2. The molecule has 8 nitrogen and oxygen atoms in total.